The lowest BCUT2D eigenvalue weighted by Crippen LogP contribution is -2.45. The number of esters is 1. The molecular formula is C25H25NO3. The Kier molecular flexibility index (Phi) is 7.17. The summed E-state index contributed by atoms with van der Waals surface area (Å²) < 4.78 is 5.21. The van der Waals surface area contributed by atoms with E-state index in [9.17, 15) is 9.59 Å². The van der Waals surface area contributed by atoms with Gasteiger partial charge in [0.1, 0.15) is 6.04 Å². The zero-order valence-corrected chi connectivity index (χ0v) is 16.5. The number of hydrogen-bond acceptors (Lipinski definition) is 3. The molecule has 3 rings (SSSR count). The quantitative estimate of drug-likeness (QED) is 0.592. The number of rotatable bonds is 8. The Bertz CT molecular complexity index is 871. The van der Waals surface area contributed by atoms with Crippen LogP contribution in [0.15, 0.2) is 91.0 Å². The summed E-state index contributed by atoms with van der Waals surface area (Å²) in [4.78, 5) is 25.9. The predicted octanol–water partition coefficient (Wildman–Crippen LogP) is 4.11. The van der Waals surface area contributed by atoms with Crippen LogP contribution in [0, 0.1) is 0 Å². The van der Waals surface area contributed by atoms with Crippen molar-refractivity contribution in [1.82, 2.24) is 5.32 Å². The second-order valence-electron chi connectivity index (χ2n) is 6.76. The van der Waals surface area contributed by atoms with Gasteiger partial charge in [-0.2, -0.15) is 0 Å². The number of hydrogen-bond donors (Lipinski definition) is 1. The van der Waals surface area contributed by atoms with Gasteiger partial charge in [0.05, 0.1) is 12.5 Å². The molecule has 0 aromatic heterocycles. The first-order valence-corrected chi connectivity index (χ1v) is 9.80. The average molecular weight is 387 g/mol. The van der Waals surface area contributed by atoms with E-state index in [1.165, 1.54) is 0 Å². The first kappa shape index (κ1) is 20.3. The van der Waals surface area contributed by atoms with Gasteiger partial charge in [0.15, 0.2) is 0 Å². The van der Waals surface area contributed by atoms with Gasteiger partial charge in [0.2, 0.25) is 5.91 Å². The van der Waals surface area contributed by atoms with Gasteiger partial charge in [-0.05, 0) is 23.6 Å². The van der Waals surface area contributed by atoms with Gasteiger partial charge in [-0.15, -0.1) is 0 Å². The summed E-state index contributed by atoms with van der Waals surface area (Å²) >= 11 is 0. The molecule has 0 bridgehead atoms. The Morgan fingerprint density at radius 1 is 0.793 bits per heavy atom. The molecule has 1 unspecified atom stereocenters. The molecule has 1 atom stereocenters. The molecule has 0 aliphatic rings. The molecule has 1 N–H and O–H groups in total. The Morgan fingerprint density at radius 2 is 1.28 bits per heavy atom. The topological polar surface area (TPSA) is 55.4 Å². The van der Waals surface area contributed by atoms with Crippen LogP contribution in [-0.2, 0) is 20.7 Å². The minimum absolute atomic E-state index is 0.226. The molecule has 0 saturated heterocycles. The molecule has 148 valence electrons. The number of ether oxygens (including phenoxy) is 1. The van der Waals surface area contributed by atoms with Crippen molar-refractivity contribution in [3.63, 3.8) is 0 Å². The van der Waals surface area contributed by atoms with Crippen LogP contribution in [-0.4, -0.2) is 24.5 Å². The summed E-state index contributed by atoms with van der Waals surface area (Å²) in [5.74, 6) is -1.16. The normalized spacial score (nSPS) is 11.7. The van der Waals surface area contributed by atoms with Crippen molar-refractivity contribution in [1.29, 1.82) is 0 Å². The molecule has 3 aromatic rings. The Labute approximate surface area is 171 Å². The maximum absolute atomic E-state index is 13.3. The summed E-state index contributed by atoms with van der Waals surface area (Å²) in [6.07, 6.45) is 0.377. The van der Waals surface area contributed by atoms with E-state index in [-0.39, 0.29) is 12.5 Å². The third-order valence-corrected chi connectivity index (χ3v) is 4.70. The molecule has 3 aromatic carbocycles. The van der Waals surface area contributed by atoms with Crippen molar-refractivity contribution in [2.75, 3.05) is 6.61 Å². The van der Waals surface area contributed by atoms with Gasteiger partial charge in [0, 0.05) is 6.42 Å². The average Bonchev–Trinajstić information content (AvgIpc) is 2.76. The van der Waals surface area contributed by atoms with Crippen molar-refractivity contribution in [3.8, 4) is 0 Å². The van der Waals surface area contributed by atoms with Crippen LogP contribution < -0.4 is 5.32 Å². The van der Waals surface area contributed by atoms with E-state index in [1.807, 2.05) is 91.0 Å². The second kappa shape index (κ2) is 10.2. The zero-order valence-electron chi connectivity index (χ0n) is 16.5. The van der Waals surface area contributed by atoms with Crippen molar-refractivity contribution in [3.05, 3.63) is 108 Å². The Hall–Kier alpha value is -3.40. The maximum Gasteiger partial charge on any atom is 0.328 e. The molecule has 0 radical (unpaired) electrons. The minimum Gasteiger partial charge on any atom is -0.464 e. The number of amides is 1. The largest absolute Gasteiger partial charge is 0.464 e. The third-order valence-electron chi connectivity index (χ3n) is 4.70. The van der Waals surface area contributed by atoms with E-state index in [0.29, 0.717) is 6.42 Å². The summed E-state index contributed by atoms with van der Waals surface area (Å²) in [7, 11) is 0. The summed E-state index contributed by atoms with van der Waals surface area (Å²) in [6.45, 7) is 2.02. The van der Waals surface area contributed by atoms with Gasteiger partial charge in [0.25, 0.3) is 0 Å². The van der Waals surface area contributed by atoms with Crippen LogP contribution in [0.3, 0.4) is 0 Å². The van der Waals surface area contributed by atoms with Gasteiger partial charge in [-0.3, -0.25) is 4.79 Å². The Balaban J connectivity index is 1.87. The number of carbonyl (C=O) groups excluding carboxylic acids is 2. The highest BCUT2D eigenvalue weighted by molar-refractivity contribution is 5.91. The van der Waals surface area contributed by atoms with Crippen LogP contribution in [0.25, 0.3) is 0 Å². The van der Waals surface area contributed by atoms with Crippen LogP contribution in [0.4, 0.5) is 0 Å². The predicted molar refractivity (Wildman–Crippen MR) is 113 cm³/mol. The van der Waals surface area contributed by atoms with Gasteiger partial charge in [-0.25, -0.2) is 4.79 Å². The molecule has 0 saturated carbocycles. The van der Waals surface area contributed by atoms with E-state index < -0.39 is 17.9 Å². The lowest BCUT2D eigenvalue weighted by atomic mass is 9.90. The van der Waals surface area contributed by atoms with Crippen molar-refractivity contribution in [2.24, 2.45) is 0 Å². The lowest BCUT2D eigenvalue weighted by molar-refractivity contribution is -0.147. The highest BCUT2D eigenvalue weighted by Gasteiger charge is 2.28. The third kappa shape index (κ3) is 5.55. The lowest BCUT2D eigenvalue weighted by Gasteiger charge is -2.22. The fourth-order valence-corrected chi connectivity index (χ4v) is 3.33. The van der Waals surface area contributed by atoms with Crippen LogP contribution in [0.1, 0.15) is 29.5 Å². The molecule has 29 heavy (non-hydrogen) atoms. The van der Waals surface area contributed by atoms with Gasteiger partial charge >= 0.3 is 5.97 Å². The monoisotopic (exact) mass is 387 g/mol. The summed E-state index contributed by atoms with van der Waals surface area (Å²) in [6, 6.07) is 28.0. The Morgan fingerprint density at radius 3 is 1.76 bits per heavy atom. The molecule has 0 heterocycles. The minimum atomic E-state index is -0.750. The summed E-state index contributed by atoms with van der Waals surface area (Å²) in [5.41, 5.74) is 2.71. The fraction of sp³-hybridized carbons (Fsp3) is 0.200. The maximum atomic E-state index is 13.3. The molecular weight excluding hydrogens is 362 g/mol. The fourth-order valence-electron chi connectivity index (χ4n) is 3.33. The van der Waals surface area contributed by atoms with E-state index in [4.69, 9.17) is 4.74 Å². The van der Waals surface area contributed by atoms with E-state index in [2.05, 4.69) is 5.32 Å². The molecule has 0 fully saturated rings. The molecule has 4 nitrogen and oxygen atoms in total. The summed E-state index contributed by atoms with van der Waals surface area (Å²) in [5, 5.41) is 2.93. The zero-order chi connectivity index (χ0) is 20.5. The van der Waals surface area contributed by atoms with Crippen molar-refractivity contribution in [2.45, 2.75) is 25.3 Å². The SMILES string of the molecule is CCOC(=O)C(Cc1ccccc1)NC(=O)C(c1ccccc1)c1ccccc1. The first-order chi connectivity index (χ1) is 14.2. The standard InChI is InChI=1S/C25H25NO3/c1-2-29-25(28)22(18-19-12-6-3-7-13-19)26-24(27)23(20-14-8-4-9-15-20)21-16-10-5-11-17-21/h3-17,22-23H,2,18H2,1H3,(H,26,27). The number of nitrogens with one attached hydrogen (secondary N) is 1. The highest BCUT2D eigenvalue weighted by Crippen LogP contribution is 2.25. The van der Waals surface area contributed by atoms with Gasteiger partial charge < -0.3 is 10.1 Å². The molecule has 1 amide bonds. The highest BCUT2D eigenvalue weighted by atomic mass is 16.5. The van der Waals surface area contributed by atoms with Crippen LogP contribution in [0.5, 0.6) is 0 Å². The molecule has 0 aliphatic carbocycles. The number of carbonyl (C=O) groups is 2. The van der Waals surface area contributed by atoms with E-state index in [1.54, 1.807) is 6.92 Å². The van der Waals surface area contributed by atoms with Crippen LogP contribution in [0.2, 0.25) is 0 Å². The molecule has 0 spiro atoms. The van der Waals surface area contributed by atoms with Gasteiger partial charge in [-0.1, -0.05) is 91.0 Å². The number of benzene rings is 3. The van der Waals surface area contributed by atoms with E-state index in [0.717, 1.165) is 16.7 Å². The van der Waals surface area contributed by atoms with E-state index >= 15 is 0 Å². The van der Waals surface area contributed by atoms with Crippen molar-refractivity contribution >= 4 is 11.9 Å². The molecule has 0 aliphatic heterocycles. The first-order valence-electron chi connectivity index (χ1n) is 9.80. The van der Waals surface area contributed by atoms with Crippen molar-refractivity contribution < 1.29 is 14.3 Å². The van der Waals surface area contributed by atoms with Crippen LogP contribution >= 0.6 is 0 Å². The second-order valence-corrected chi connectivity index (χ2v) is 6.76. The smallest absolute Gasteiger partial charge is 0.328 e. The molecule has 4 heteroatoms.